The molecule has 0 radical (unpaired) electrons. The van der Waals surface area contributed by atoms with Crippen molar-refractivity contribution < 1.29 is 9.13 Å². The number of nitrogens with one attached hydrogen (secondary N) is 2. The summed E-state index contributed by atoms with van der Waals surface area (Å²) in [5.74, 6) is 1.19. The predicted octanol–water partition coefficient (Wildman–Crippen LogP) is 5.12. The van der Waals surface area contributed by atoms with Gasteiger partial charge in [-0.2, -0.15) is 4.98 Å². The predicted molar refractivity (Wildman–Crippen MR) is 131 cm³/mol. The molecule has 3 aliphatic rings. The van der Waals surface area contributed by atoms with E-state index in [1.54, 1.807) is 17.4 Å². The number of morpholine rings is 1. The molecular formula is C25H30FN5OS. The van der Waals surface area contributed by atoms with E-state index in [-0.39, 0.29) is 5.82 Å². The van der Waals surface area contributed by atoms with E-state index in [1.165, 1.54) is 47.2 Å². The Morgan fingerprint density at radius 3 is 2.73 bits per heavy atom. The molecule has 2 aromatic heterocycles. The zero-order chi connectivity index (χ0) is 22.2. The summed E-state index contributed by atoms with van der Waals surface area (Å²) in [5, 5.41) is 8.22. The number of anilines is 3. The Morgan fingerprint density at radius 1 is 1.06 bits per heavy atom. The van der Waals surface area contributed by atoms with Crippen molar-refractivity contribution in [3.05, 3.63) is 40.5 Å². The molecule has 1 saturated heterocycles. The van der Waals surface area contributed by atoms with E-state index in [9.17, 15) is 4.39 Å². The lowest BCUT2D eigenvalue weighted by Crippen LogP contribution is -2.46. The lowest BCUT2D eigenvalue weighted by Gasteiger charge is -2.39. The number of hydrogen-bond donors (Lipinski definition) is 2. The summed E-state index contributed by atoms with van der Waals surface area (Å²) in [6.45, 7) is 3.85. The Balaban J connectivity index is 1.24. The van der Waals surface area contributed by atoms with Gasteiger partial charge in [0.25, 0.3) is 0 Å². The first-order valence-electron chi connectivity index (χ1n) is 12.2. The van der Waals surface area contributed by atoms with Crippen molar-refractivity contribution in [2.45, 2.75) is 57.0 Å². The van der Waals surface area contributed by atoms with E-state index in [0.717, 1.165) is 62.6 Å². The minimum absolute atomic E-state index is 0.272. The maximum Gasteiger partial charge on any atom is 0.230 e. The summed E-state index contributed by atoms with van der Waals surface area (Å²) in [6.07, 6.45) is 8.16. The number of halogens is 1. The van der Waals surface area contributed by atoms with Crippen LogP contribution < -0.4 is 10.6 Å². The van der Waals surface area contributed by atoms with Gasteiger partial charge in [0.1, 0.15) is 16.5 Å². The van der Waals surface area contributed by atoms with Crippen LogP contribution in [0.3, 0.4) is 0 Å². The smallest absolute Gasteiger partial charge is 0.230 e. The fraction of sp³-hybridized carbons (Fsp3) is 0.520. The van der Waals surface area contributed by atoms with Gasteiger partial charge in [0, 0.05) is 35.7 Å². The molecule has 1 saturated carbocycles. The second-order valence-corrected chi connectivity index (χ2v) is 10.5. The molecule has 33 heavy (non-hydrogen) atoms. The molecule has 2 aliphatic carbocycles. The largest absolute Gasteiger partial charge is 0.379 e. The number of ether oxygens (including phenoxy) is 1. The third-order valence-electron chi connectivity index (χ3n) is 7.25. The number of benzene rings is 1. The summed E-state index contributed by atoms with van der Waals surface area (Å²) < 4.78 is 19.2. The second-order valence-electron chi connectivity index (χ2n) is 9.37. The first kappa shape index (κ1) is 21.3. The normalized spacial score (nSPS) is 23.5. The number of nitrogens with zero attached hydrogens (tertiary/aromatic N) is 3. The summed E-state index contributed by atoms with van der Waals surface area (Å²) in [4.78, 5) is 14.8. The van der Waals surface area contributed by atoms with Gasteiger partial charge in [0.15, 0.2) is 0 Å². The summed E-state index contributed by atoms with van der Waals surface area (Å²) in [7, 11) is 0. The van der Waals surface area contributed by atoms with Gasteiger partial charge in [-0.05, 0) is 68.7 Å². The summed E-state index contributed by atoms with van der Waals surface area (Å²) >= 11 is 1.79. The molecule has 2 fully saturated rings. The van der Waals surface area contributed by atoms with Crippen LogP contribution in [0, 0.1) is 5.82 Å². The lowest BCUT2D eigenvalue weighted by atomic mass is 9.90. The average Bonchev–Trinajstić information content (AvgIpc) is 3.41. The van der Waals surface area contributed by atoms with Gasteiger partial charge in [-0.1, -0.05) is 6.07 Å². The molecule has 3 heterocycles. The van der Waals surface area contributed by atoms with Crippen LogP contribution in [0.1, 0.15) is 42.5 Å². The first-order chi connectivity index (χ1) is 16.2. The highest BCUT2D eigenvalue weighted by Gasteiger charge is 2.29. The van der Waals surface area contributed by atoms with Gasteiger partial charge in [-0.25, -0.2) is 9.37 Å². The zero-order valence-electron chi connectivity index (χ0n) is 18.8. The van der Waals surface area contributed by atoms with E-state index in [2.05, 4.69) is 15.5 Å². The highest BCUT2D eigenvalue weighted by atomic mass is 32.1. The van der Waals surface area contributed by atoms with Crippen molar-refractivity contribution in [1.82, 2.24) is 14.9 Å². The minimum Gasteiger partial charge on any atom is -0.379 e. The van der Waals surface area contributed by atoms with Crippen molar-refractivity contribution >= 4 is 39.0 Å². The first-order valence-corrected chi connectivity index (χ1v) is 13.0. The maximum atomic E-state index is 13.7. The van der Waals surface area contributed by atoms with Crippen LogP contribution in [-0.4, -0.2) is 53.3 Å². The number of hydrogen-bond acceptors (Lipinski definition) is 7. The molecule has 3 aromatic rings. The molecule has 0 unspecified atom stereocenters. The van der Waals surface area contributed by atoms with Gasteiger partial charge in [-0.15, -0.1) is 11.3 Å². The van der Waals surface area contributed by atoms with Crippen LogP contribution in [0.2, 0.25) is 0 Å². The maximum absolute atomic E-state index is 13.7. The molecule has 6 nitrogen and oxygen atoms in total. The van der Waals surface area contributed by atoms with E-state index in [0.29, 0.717) is 23.7 Å². The molecule has 6 rings (SSSR count). The molecule has 2 N–H and O–H groups in total. The van der Waals surface area contributed by atoms with Crippen molar-refractivity contribution in [1.29, 1.82) is 0 Å². The molecule has 0 amide bonds. The van der Waals surface area contributed by atoms with E-state index in [1.807, 2.05) is 6.07 Å². The van der Waals surface area contributed by atoms with E-state index < -0.39 is 0 Å². The Morgan fingerprint density at radius 2 is 1.91 bits per heavy atom. The number of rotatable bonds is 5. The van der Waals surface area contributed by atoms with Crippen LogP contribution >= 0.6 is 11.3 Å². The quantitative estimate of drug-likeness (QED) is 0.543. The Hall–Kier alpha value is -2.29. The van der Waals surface area contributed by atoms with Crippen LogP contribution in [0.15, 0.2) is 24.3 Å². The van der Waals surface area contributed by atoms with Gasteiger partial charge in [0.2, 0.25) is 5.95 Å². The number of aromatic nitrogens is 2. The number of aryl methyl sites for hydroxylation is 2. The van der Waals surface area contributed by atoms with Crippen LogP contribution in [0.25, 0.3) is 10.2 Å². The average molecular weight is 468 g/mol. The fourth-order valence-electron chi connectivity index (χ4n) is 5.57. The standard InChI is InChI=1S/C25H30FN5OS/c26-16-3-1-4-18(15-16)28-25-29-23(22-20-5-2-6-21(20)33-24(22)30-25)27-17-7-9-19(10-8-17)31-11-13-32-14-12-31/h1,3-4,15,17,19H,2,5-14H2,(H2,27,28,29,30). The van der Waals surface area contributed by atoms with Gasteiger partial charge in [0.05, 0.1) is 18.6 Å². The van der Waals surface area contributed by atoms with Crippen molar-refractivity contribution in [2.75, 3.05) is 36.9 Å². The van der Waals surface area contributed by atoms with Crippen molar-refractivity contribution in [3.63, 3.8) is 0 Å². The highest BCUT2D eigenvalue weighted by Crippen LogP contribution is 2.41. The molecule has 0 atom stereocenters. The lowest BCUT2D eigenvalue weighted by molar-refractivity contribution is 0.00791. The minimum atomic E-state index is -0.272. The van der Waals surface area contributed by atoms with Gasteiger partial charge in [-0.3, -0.25) is 4.90 Å². The number of fused-ring (bicyclic) bond motifs is 3. The van der Waals surface area contributed by atoms with E-state index >= 15 is 0 Å². The van der Waals surface area contributed by atoms with E-state index in [4.69, 9.17) is 14.7 Å². The van der Waals surface area contributed by atoms with Gasteiger partial charge < -0.3 is 15.4 Å². The Bertz CT molecular complexity index is 1140. The third kappa shape index (κ3) is 4.44. The van der Waals surface area contributed by atoms with Crippen LogP contribution in [0.5, 0.6) is 0 Å². The molecule has 1 aliphatic heterocycles. The Labute approximate surface area is 197 Å². The summed E-state index contributed by atoms with van der Waals surface area (Å²) in [6, 6.07) is 7.54. The van der Waals surface area contributed by atoms with Crippen molar-refractivity contribution in [2.24, 2.45) is 0 Å². The second kappa shape index (κ2) is 9.16. The Kier molecular flexibility index (Phi) is 5.90. The molecular weight excluding hydrogens is 437 g/mol. The molecule has 0 bridgehead atoms. The monoisotopic (exact) mass is 467 g/mol. The summed E-state index contributed by atoms with van der Waals surface area (Å²) in [5.41, 5.74) is 2.09. The van der Waals surface area contributed by atoms with Crippen LogP contribution in [0.4, 0.5) is 21.8 Å². The van der Waals surface area contributed by atoms with Crippen LogP contribution in [-0.2, 0) is 17.6 Å². The fourth-order valence-corrected chi connectivity index (χ4v) is 6.83. The molecule has 0 spiro atoms. The van der Waals surface area contributed by atoms with Crippen molar-refractivity contribution in [3.8, 4) is 0 Å². The third-order valence-corrected chi connectivity index (χ3v) is 8.43. The molecule has 8 heteroatoms. The number of thiophene rings is 1. The molecule has 174 valence electrons. The SMILES string of the molecule is Fc1cccc(Nc2nc(NC3CCC(N4CCOCC4)CC3)c3c4c(sc3n2)CCC4)c1. The molecule has 1 aromatic carbocycles. The van der Waals surface area contributed by atoms with Gasteiger partial charge >= 0.3 is 0 Å². The zero-order valence-corrected chi connectivity index (χ0v) is 19.6. The topological polar surface area (TPSA) is 62.3 Å². The highest BCUT2D eigenvalue weighted by molar-refractivity contribution is 7.19.